The van der Waals surface area contributed by atoms with Gasteiger partial charge in [0.1, 0.15) is 6.61 Å². The number of amides is 1. The molecule has 0 heterocycles. The van der Waals surface area contributed by atoms with Crippen molar-refractivity contribution in [1.29, 1.82) is 0 Å². The van der Waals surface area contributed by atoms with Crippen molar-refractivity contribution in [2.75, 3.05) is 7.11 Å². The number of alkyl halides is 3. The molecule has 1 atom stereocenters. The summed E-state index contributed by atoms with van der Waals surface area (Å²) >= 11 is 0. The Morgan fingerprint density at radius 3 is 2.46 bits per heavy atom. The number of esters is 1. The summed E-state index contributed by atoms with van der Waals surface area (Å²) in [4.78, 5) is 24.1. The molecule has 0 saturated heterocycles. The first kappa shape index (κ1) is 24.3. The van der Waals surface area contributed by atoms with Crippen LogP contribution in [0.25, 0.3) is 0 Å². The maximum atomic E-state index is 13.3. The number of carbonyl (C=O) groups excluding carboxylic acids is 2. The average Bonchev–Trinajstić information content (AvgIpc) is 3.23. The van der Waals surface area contributed by atoms with Gasteiger partial charge in [-0.2, -0.15) is 13.2 Å². The Bertz CT molecular complexity index is 1220. The molecular weight excluding hydrogens is 459 g/mol. The van der Waals surface area contributed by atoms with Gasteiger partial charge < -0.3 is 14.8 Å². The van der Waals surface area contributed by atoms with Crippen molar-refractivity contribution >= 4 is 12.1 Å². The number of benzene rings is 3. The standard InChI is InChI=1S/C27H24F3NO4/c1-34-25(32)21-13-19(14-22(15-21)27(28,29)30)11-18-7-9-23-20(12-18)8-10-24(23)31-26(33)35-16-17-5-3-2-4-6-17/h2-7,9,12-15,24H,8,10-11,16H2,1H3,(H,31,33). The van der Waals surface area contributed by atoms with Gasteiger partial charge in [-0.1, -0.05) is 48.5 Å². The average molecular weight is 483 g/mol. The molecule has 182 valence electrons. The second-order valence-corrected chi connectivity index (χ2v) is 8.42. The van der Waals surface area contributed by atoms with Crippen LogP contribution < -0.4 is 5.32 Å². The zero-order chi connectivity index (χ0) is 25.0. The zero-order valence-corrected chi connectivity index (χ0v) is 19.0. The van der Waals surface area contributed by atoms with Crippen LogP contribution >= 0.6 is 0 Å². The number of rotatable bonds is 6. The third-order valence-electron chi connectivity index (χ3n) is 5.94. The minimum Gasteiger partial charge on any atom is -0.465 e. The summed E-state index contributed by atoms with van der Waals surface area (Å²) in [5.74, 6) is -0.820. The molecule has 35 heavy (non-hydrogen) atoms. The zero-order valence-electron chi connectivity index (χ0n) is 19.0. The van der Waals surface area contributed by atoms with Crippen molar-refractivity contribution in [1.82, 2.24) is 5.32 Å². The highest BCUT2D eigenvalue weighted by atomic mass is 19.4. The number of aryl methyl sites for hydroxylation is 1. The summed E-state index contributed by atoms with van der Waals surface area (Å²) in [6.07, 6.45) is -3.43. The molecule has 0 saturated carbocycles. The van der Waals surface area contributed by atoms with Gasteiger partial charge in [0.05, 0.1) is 24.3 Å². The van der Waals surface area contributed by atoms with E-state index in [0.29, 0.717) is 12.0 Å². The van der Waals surface area contributed by atoms with E-state index in [0.717, 1.165) is 47.9 Å². The van der Waals surface area contributed by atoms with Crippen molar-refractivity contribution in [3.8, 4) is 0 Å². The lowest BCUT2D eigenvalue weighted by molar-refractivity contribution is -0.137. The summed E-state index contributed by atoms with van der Waals surface area (Å²) in [7, 11) is 1.13. The van der Waals surface area contributed by atoms with Crippen molar-refractivity contribution in [2.45, 2.75) is 38.1 Å². The first-order chi connectivity index (χ1) is 16.7. The molecule has 1 aliphatic carbocycles. The summed E-state index contributed by atoms with van der Waals surface area (Å²) in [6.45, 7) is 0.176. The van der Waals surface area contributed by atoms with Crippen LogP contribution in [0.5, 0.6) is 0 Å². The van der Waals surface area contributed by atoms with Crippen LogP contribution in [0.4, 0.5) is 18.0 Å². The lowest BCUT2D eigenvalue weighted by Gasteiger charge is -2.15. The smallest absolute Gasteiger partial charge is 0.416 e. The molecule has 1 unspecified atom stereocenters. The number of hydrogen-bond donors (Lipinski definition) is 1. The quantitative estimate of drug-likeness (QED) is 0.437. The van der Waals surface area contributed by atoms with Crippen LogP contribution in [0, 0.1) is 0 Å². The number of halogens is 3. The summed E-state index contributed by atoms with van der Waals surface area (Å²) in [5, 5.41) is 2.89. The van der Waals surface area contributed by atoms with Gasteiger partial charge in [-0.25, -0.2) is 9.59 Å². The molecule has 1 amide bonds. The Morgan fingerprint density at radius 1 is 0.971 bits per heavy atom. The Morgan fingerprint density at radius 2 is 1.74 bits per heavy atom. The number of ether oxygens (including phenoxy) is 2. The third-order valence-corrected chi connectivity index (χ3v) is 5.94. The summed E-state index contributed by atoms with van der Waals surface area (Å²) in [6, 6.07) is 18.1. The van der Waals surface area contributed by atoms with E-state index >= 15 is 0 Å². The number of carbonyl (C=O) groups is 2. The maximum absolute atomic E-state index is 13.3. The van der Waals surface area contributed by atoms with E-state index in [1.165, 1.54) is 6.07 Å². The molecule has 0 fully saturated rings. The van der Waals surface area contributed by atoms with Gasteiger partial charge in [-0.15, -0.1) is 0 Å². The van der Waals surface area contributed by atoms with E-state index in [-0.39, 0.29) is 24.6 Å². The van der Waals surface area contributed by atoms with E-state index in [2.05, 4.69) is 10.1 Å². The van der Waals surface area contributed by atoms with Crippen LogP contribution in [0.2, 0.25) is 0 Å². The maximum Gasteiger partial charge on any atom is 0.416 e. The minimum absolute atomic E-state index is 0.142. The highest BCUT2D eigenvalue weighted by molar-refractivity contribution is 5.89. The Labute approximate surface area is 200 Å². The number of alkyl carbamates (subject to hydrolysis) is 1. The van der Waals surface area contributed by atoms with Gasteiger partial charge in [0, 0.05) is 0 Å². The van der Waals surface area contributed by atoms with Crippen LogP contribution in [0.1, 0.15) is 56.2 Å². The molecule has 3 aromatic rings. The number of fused-ring (bicyclic) bond motifs is 1. The van der Waals surface area contributed by atoms with Crippen molar-refractivity contribution < 1.29 is 32.2 Å². The topological polar surface area (TPSA) is 64.6 Å². The molecule has 1 N–H and O–H groups in total. The van der Waals surface area contributed by atoms with Crippen LogP contribution in [-0.4, -0.2) is 19.2 Å². The Balaban J connectivity index is 1.45. The normalized spacial score (nSPS) is 14.8. The lowest BCUT2D eigenvalue weighted by Crippen LogP contribution is -2.27. The number of nitrogens with one attached hydrogen (secondary N) is 1. The first-order valence-electron chi connectivity index (χ1n) is 11.1. The fourth-order valence-corrected chi connectivity index (χ4v) is 4.27. The van der Waals surface area contributed by atoms with E-state index in [9.17, 15) is 22.8 Å². The largest absolute Gasteiger partial charge is 0.465 e. The molecular formula is C27H24F3NO4. The Kier molecular flexibility index (Phi) is 7.10. The molecule has 8 heteroatoms. The highest BCUT2D eigenvalue weighted by Gasteiger charge is 2.32. The van der Waals surface area contributed by atoms with Crippen LogP contribution in [-0.2, 0) is 35.1 Å². The van der Waals surface area contributed by atoms with Crippen molar-refractivity contribution in [3.05, 3.63) is 106 Å². The van der Waals surface area contributed by atoms with Crippen LogP contribution in [0.3, 0.4) is 0 Å². The molecule has 0 aliphatic heterocycles. The molecule has 0 spiro atoms. The predicted molar refractivity (Wildman–Crippen MR) is 123 cm³/mol. The van der Waals surface area contributed by atoms with E-state index < -0.39 is 23.8 Å². The van der Waals surface area contributed by atoms with Crippen LogP contribution in [0.15, 0.2) is 66.7 Å². The van der Waals surface area contributed by atoms with E-state index in [4.69, 9.17) is 4.74 Å². The second-order valence-electron chi connectivity index (χ2n) is 8.42. The van der Waals surface area contributed by atoms with Crippen molar-refractivity contribution in [2.24, 2.45) is 0 Å². The molecule has 5 nitrogen and oxygen atoms in total. The van der Waals surface area contributed by atoms with Gasteiger partial charge in [0.15, 0.2) is 0 Å². The fourth-order valence-electron chi connectivity index (χ4n) is 4.27. The van der Waals surface area contributed by atoms with Gasteiger partial charge in [0.2, 0.25) is 0 Å². The number of hydrogen-bond acceptors (Lipinski definition) is 4. The molecule has 1 aliphatic rings. The van der Waals surface area contributed by atoms with Crippen molar-refractivity contribution in [3.63, 3.8) is 0 Å². The fraction of sp³-hybridized carbons (Fsp3) is 0.259. The third kappa shape index (κ3) is 6.01. The van der Waals surface area contributed by atoms with Gasteiger partial charge in [-0.05, 0) is 65.3 Å². The Hall–Kier alpha value is -3.81. The molecule has 4 rings (SSSR count). The van der Waals surface area contributed by atoms with Gasteiger partial charge in [0.25, 0.3) is 0 Å². The predicted octanol–water partition coefficient (Wildman–Crippen LogP) is 6.00. The summed E-state index contributed by atoms with van der Waals surface area (Å²) < 4.78 is 49.9. The van der Waals surface area contributed by atoms with E-state index in [1.807, 2.05) is 48.5 Å². The SMILES string of the molecule is COC(=O)c1cc(Cc2ccc3c(c2)CCC3NC(=O)OCc2ccccc2)cc(C(F)(F)F)c1. The second kappa shape index (κ2) is 10.2. The molecule has 0 radical (unpaired) electrons. The highest BCUT2D eigenvalue weighted by Crippen LogP contribution is 2.34. The minimum atomic E-state index is -4.58. The molecule has 0 aromatic heterocycles. The first-order valence-corrected chi connectivity index (χ1v) is 11.1. The van der Waals surface area contributed by atoms with Gasteiger partial charge in [-0.3, -0.25) is 0 Å². The number of methoxy groups -OCH3 is 1. The van der Waals surface area contributed by atoms with E-state index in [1.54, 1.807) is 0 Å². The molecule has 0 bridgehead atoms. The monoisotopic (exact) mass is 483 g/mol. The lowest BCUT2D eigenvalue weighted by atomic mass is 9.97. The summed E-state index contributed by atoms with van der Waals surface area (Å²) in [5.41, 5.74) is 3.01. The molecule has 3 aromatic carbocycles. The van der Waals surface area contributed by atoms with Gasteiger partial charge >= 0.3 is 18.2 Å².